The predicted molar refractivity (Wildman–Crippen MR) is 181 cm³/mol. The van der Waals surface area contributed by atoms with Gasteiger partial charge in [0.2, 0.25) is 0 Å². The van der Waals surface area contributed by atoms with Gasteiger partial charge >= 0.3 is 0 Å². The molecular weight excluding hydrogens is 590 g/mol. The van der Waals surface area contributed by atoms with Crippen molar-refractivity contribution >= 4 is 28.8 Å². The number of nitrogens with zero attached hydrogens (tertiary/aromatic N) is 2. The van der Waals surface area contributed by atoms with Crippen LogP contribution in [0, 0.1) is 5.92 Å². The number of nitrogens with one attached hydrogen (secondary N) is 1. The minimum absolute atomic E-state index is 0.0153. The summed E-state index contributed by atoms with van der Waals surface area (Å²) >= 11 is 8.37. The molecule has 0 saturated carbocycles. The number of rotatable bonds is 12. The quantitative estimate of drug-likeness (QED) is 0.217. The summed E-state index contributed by atoms with van der Waals surface area (Å²) in [6.07, 6.45) is 9.89. The van der Waals surface area contributed by atoms with Crippen LogP contribution in [0.5, 0.6) is 11.5 Å². The zero-order valence-corrected chi connectivity index (χ0v) is 28.0. The summed E-state index contributed by atoms with van der Waals surface area (Å²) in [5.41, 5.74) is 5.55. The van der Waals surface area contributed by atoms with Gasteiger partial charge in [-0.3, -0.25) is 4.79 Å². The van der Waals surface area contributed by atoms with E-state index in [1.54, 1.807) is 30.6 Å². The Labute approximate surface area is 270 Å². The van der Waals surface area contributed by atoms with Gasteiger partial charge in [0.05, 0.1) is 36.0 Å². The molecule has 3 aromatic rings. The maximum Gasteiger partial charge on any atom is 0.255 e. The molecular formula is C36H42ClN3O3S. The fraction of sp³-hybridized carbons (Fsp3) is 0.361. The molecule has 1 unspecified atom stereocenters. The van der Waals surface area contributed by atoms with Gasteiger partial charge in [0.15, 0.2) is 0 Å². The van der Waals surface area contributed by atoms with Crippen LogP contribution in [-0.4, -0.2) is 47.7 Å². The van der Waals surface area contributed by atoms with Gasteiger partial charge < -0.3 is 24.6 Å². The number of ether oxygens (including phenoxy) is 2. The maximum absolute atomic E-state index is 14.1. The highest BCUT2D eigenvalue weighted by Crippen LogP contribution is 2.37. The summed E-state index contributed by atoms with van der Waals surface area (Å²) in [5.74, 6) is 1.83. The SMILES string of the molecule is COc1ccc(-c2ccsc2)cc1CC1=C(CN(CCC(C)C)C(=O)c2ccc(OC(C)C)cc2Cl)NC2(C)C=CC=CN12. The van der Waals surface area contributed by atoms with E-state index in [4.69, 9.17) is 21.1 Å². The second kappa shape index (κ2) is 13.5. The molecule has 1 N–H and O–H groups in total. The molecule has 1 aromatic heterocycles. The van der Waals surface area contributed by atoms with Gasteiger partial charge in [0.25, 0.3) is 5.91 Å². The van der Waals surface area contributed by atoms with Gasteiger partial charge in [-0.2, -0.15) is 11.3 Å². The van der Waals surface area contributed by atoms with Crippen LogP contribution < -0.4 is 14.8 Å². The van der Waals surface area contributed by atoms with Gasteiger partial charge in [0, 0.05) is 30.4 Å². The van der Waals surface area contributed by atoms with Crippen LogP contribution in [0.15, 0.2) is 89.0 Å². The highest BCUT2D eigenvalue weighted by molar-refractivity contribution is 7.08. The van der Waals surface area contributed by atoms with Crippen LogP contribution in [0.4, 0.5) is 0 Å². The third-order valence-corrected chi connectivity index (χ3v) is 8.95. The molecule has 0 aliphatic carbocycles. The van der Waals surface area contributed by atoms with Crippen LogP contribution in [-0.2, 0) is 6.42 Å². The predicted octanol–water partition coefficient (Wildman–Crippen LogP) is 8.51. The third kappa shape index (κ3) is 7.00. The number of fused-ring (bicyclic) bond motifs is 1. The molecule has 0 bridgehead atoms. The lowest BCUT2D eigenvalue weighted by Crippen LogP contribution is -2.48. The second-order valence-corrected chi connectivity index (χ2v) is 13.4. The Morgan fingerprint density at radius 1 is 1.09 bits per heavy atom. The first-order chi connectivity index (χ1) is 21.1. The first kappa shape index (κ1) is 31.7. The van der Waals surface area contributed by atoms with Gasteiger partial charge in [-0.05, 0) is 104 Å². The Hall–Kier alpha value is -3.68. The number of hydrogen-bond acceptors (Lipinski definition) is 6. The van der Waals surface area contributed by atoms with Crippen molar-refractivity contribution in [3.05, 3.63) is 105 Å². The average molecular weight is 632 g/mol. The Balaban J connectivity index is 1.52. The molecule has 1 atom stereocenters. The molecule has 6 nitrogen and oxygen atoms in total. The van der Waals surface area contributed by atoms with E-state index in [9.17, 15) is 4.79 Å². The van der Waals surface area contributed by atoms with Crippen molar-refractivity contribution < 1.29 is 14.3 Å². The largest absolute Gasteiger partial charge is 0.496 e. The summed E-state index contributed by atoms with van der Waals surface area (Å²) < 4.78 is 11.6. The van der Waals surface area contributed by atoms with E-state index in [2.05, 4.69) is 78.3 Å². The molecule has 2 aromatic carbocycles. The third-order valence-electron chi connectivity index (χ3n) is 7.96. The van der Waals surface area contributed by atoms with Crippen molar-refractivity contribution in [2.45, 2.75) is 59.2 Å². The molecule has 44 heavy (non-hydrogen) atoms. The lowest BCUT2D eigenvalue weighted by Gasteiger charge is -2.35. The number of carbonyl (C=O) groups excluding carboxylic acids is 1. The van der Waals surface area contributed by atoms with Crippen LogP contribution in [0.3, 0.4) is 0 Å². The molecule has 0 saturated heterocycles. The molecule has 8 heteroatoms. The zero-order valence-electron chi connectivity index (χ0n) is 26.4. The number of carbonyl (C=O) groups is 1. The number of methoxy groups -OCH3 is 1. The summed E-state index contributed by atoms with van der Waals surface area (Å²) in [4.78, 5) is 18.3. The molecule has 1 amide bonds. The van der Waals surface area contributed by atoms with E-state index in [-0.39, 0.29) is 12.0 Å². The molecule has 232 valence electrons. The van der Waals surface area contributed by atoms with E-state index in [1.807, 2.05) is 37.0 Å². The normalized spacial score (nSPS) is 17.3. The summed E-state index contributed by atoms with van der Waals surface area (Å²) in [5, 5.41) is 8.42. The molecule has 0 fully saturated rings. The van der Waals surface area contributed by atoms with E-state index < -0.39 is 5.66 Å². The number of amides is 1. The van der Waals surface area contributed by atoms with Gasteiger partial charge in [-0.1, -0.05) is 37.6 Å². The minimum atomic E-state index is -0.447. The van der Waals surface area contributed by atoms with Crippen molar-refractivity contribution in [3.8, 4) is 22.6 Å². The zero-order chi connectivity index (χ0) is 31.4. The van der Waals surface area contributed by atoms with Crippen LogP contribution >= 0.6 is 22.9 Å². The van der Waals surface area contributed by atoms with Gasteiger partial charge in [-0.15, -0.1) is 0 Å². The number of allylic oxidation sites excluding steroid dienone is 3. The average Bonchev–Trinajstić information content (AvgIpc) is 3.61. The Bertz CT molecular complexity index is 1580. The fourth-order valence-electron chi connectivity index (χ4n) is 5.68. The first-order valence-electron chi connectivity index (χ1n) is 15.2. The number of benzene rings is 2. The summed E-state index contributed by atoms with van der Waals surface area (Å²) in [7, 11) is 1.71. The standard InChI is InChI=1S/C36H42ClN3O3S/c1-24(2)13-17-39(35(41)30-11-10-29(21-31(30)37)43-25(3)4)22-32-33(40-16-8-7-15-36(40,5)38-32)20-28-19-26(9-12-34(28)42-6)27-14-18-44-23-27/h7-12,14-16,18-19,21,23-25,38H,13,17,20,22H2,1-6H3. The van der Waals surface area contributed by atoms with Crippen LogP contribution in [0.1, 0.15) is 57.0 Å². The Kier molecular flexibility index (Phi) is 9.76. The lowest BCUT2D eigenvalue weighted by atomic mass is 10.00. The summed E-state index contributed by atoms with van der Waals surface area (Å²) in [6.45, 7) is 11.5. The topological polar surface area (TPSA) is 54.0 Å². The van der Waals surface area contributed by atoms with E-state index >= 15 is 0 Å². The molecule has 3 heterocycles. The van der Waals surface area contributed by atoms with Gasteiger partial charge in [0.1, 0.15) is 17.2 Å². The van der Waals surface area contributed by atoms with Crippen LogP contribution in [0.2, 0.25) is 5.02 Å². The number of hydrogen-bond donors (Lipinski definition) is 1. The molecule has 0 radical (unpaired) electrons. The molecule has 2 aliphatic rings. The summed E-state index contributed by atoms with van der Waals surface area (Å²) in [6, 6.07) is 13.8. The molecule has 2 aliphatic heterocycles. The second-order valence-electron chi connectivity index (χ2n) is 12.2. The van der Waals surface area contributed by atoms with Crippen molar-refractivity contribution in [2.75, 3.05) is 20.2 Å². The van der Waals surface area contributed by atoms with Crippen molar-refractivity contribution in [3.63, 3.8) is 0 Å². The highest BCUT2D eigenvalue weighted by atomic mass is 35.5. The minimum Gasteiger partial charge on any atom is -0.496 e. The van der Waals surface area contributed by atoms with E-state index in [0.717, 1.165) is 34.7 Å². The molecule has 0 spiro atoms. The first-order valence-corrected chi connectivity index (χ1v) is 16.5. The Morgan fingerprint density at radius 2 is 1.91 bits per heavy atom. The van der Waals surface area contributed by atoms with Crippen molar-refractivity contribution in [2.24, 2.45) is 5.92 Å². The van der Waals surface area contributed by atoms with Crippen LogP contribution in [0.25, 0.3) is 11.1 Å². The number of thiophene rings is 1. The monoisotopic (exact) mass is 631 g/mol. The highest BCUT2D eigenvalue weighted by Gasteiger charge is 2.40. The maximum atomic E-state index is 14.1. The van der Waals surface area contributed by atoms with E-state index in [0.29, 0.717) is 41.8 Å². The fourth-order valence-corrected chi connectivity index (χ4v) is 6.60. The van der Waals surface area contributed by atoms with Crippen molar-refractivity contribution in [1.29, 1.82) is 0 Å². The lowest BCUT2D eigenvalue weighted by molar-refractivity contribution is 0.0760. The van der Waals surface area contributed by atoms with Gasteiger partial charge in [-0.25, -0.2) is 0 Å². The number of halogens is 1. The Morgan fingerprint density at radius 3 is 2.59 bits per heavy atom. The smallest absolute Gasteiger partial charge is 0.255 e. The molecule has 5 rings (SSSR count). The van der Waals surface area contributed by atoms with E-state index in [1.165, 1.54) is 5.56 Å². The van der Waals surface area contributed by atoms with Crippen molar-refractivity contribution in [1.82, 2.24) is 15.1 Å².